The van der Waals surface area contributed by atoms with Crippen LogP contribution in [0.15, 0.2) is 54.6 Å². The van der Waals surface area contributed by atoms with Crippen LogP contribution in [0.25, 0.3) is 0 Å². The van der Waals surface area contributed by atoms with E-state index >= 15 is 0 Å². The molecule has 2 aromatic carbocycles. The first-order valence-corrected chi connectivity index (χ1v) is 8.96. The lowest BCUT2D eigenvalue weighted by Gasteiger charge is -2.36. The number of rotatable bonds is 7. The van der Waals surface area contributed by atoms with Gasteiger partial charge in [0.1, 0.15) is 12.4 Å². The van der Waals surface area contributed by atoms with E-state index in [2.05, 4.69) is 18.3 Å². The van der Waals surface area contributed by atoms with Crippen LogP contribution < -0.4 is 10.1 Å². The summed E-state index contributed by atoms with van der Waals surface area (Å²) in [5.41, 5.74) is 2.29. The molecule has 0 radical (unpaired) electrons. The van der Waals surface area contributed by atoms with Crippen LogP contribution in [0.5, 0.6) is 5.75 Å². The molecule has 1 fully saturated rings. The lowest BCUT2D eigenvalue weighted by molar-refractivity contribution is -0.148. The molecule has 5 nitrogen and oxygen atoms in total. The van der Waals surface area contributed by atoms with Gasteiger partial charge < -0.3 is 19.7 Å². The molecule has 138 valence electrons. The number of benzene rings is 2. The lowest BCUT2D eigenvalue weighted by Crippen LogP contribution is -2.53. The molecule has 0 aliphatic carbocycles. The second kappa shape index (κ2) is 8.83. The van der Waals surface area contributed by atoms with E-state index in [0.717, 1.165) is 16.9 Å². The zero-order valence-electron chi connectivity index (χ0n) is 15.4. The van der Waals surface area contributed by atoms with Crippen molar-refractivity contribution in [3.63, 3.8) is 0 Å². The van der Waals surface area contributed by atoms with Gasteiger partial charge in [-0.05, 0) is 30.2 Å². The van der Waals surface area contributed by atoms with Gasteiger partial charge in [0, 0.05) is 19.1 Å². The minimum atomic E-state index is 0.0181. The van der Waals surface area contributed by atoms with Gasteiger partial charge >= 0.3 is 0 Å². The van der Waals surface area contributed by atoms with Gasteiger partial charge in [-0.1, -0.05) is 42.5 Å². The summed E-state index contributed by atoms with van der Waals surface area (Å²) < 4.78 is 10.8. The normalized spacial score (nSPS) is 18.6. The van der Waals surface area contributed by atoms with Crippen molar-refractivity contribution in [2.45, 2.75) is 25.6 Å². The lowest BCUT2D eigenvalue weighted by atomic mass is 10.1. The van der Waals surface area contributed by atoms with Gasteiger partial charge in [0.15, 0.2) is 0 Å². The van der Waals surface area contributed by atoms with E-state index in [9.17, 15) is 4.79 Å². The highest BCUT2D eigenvalue weighted by Crippen LogP contribution is 2.19. The molecule has 1 aliphatic heterocycles. The molecule has 1 N–H and O–H groups in total. The van der Waals surface area contributed by atoms with Crippen LogP contribution in [-0.4, -0.2) is 43.7 Å². The van der Waals surface area contributed by atoms with Gasteiger partial charge in [-0.25, -0.2) is 0 Å². The third-order valence-electron chi connectivity index (χ3n) is 4.75. The van der Waals surface area contributed by atoms with Gasteiger partial charge in [-0.2, -0.15) is 0 Å². The number of nitrogens with zero attached hydrogens (tertiary/aromatic N) is 1. The standard InChI is InChI=1S/C21H26N2O3/c1-16(18-9-6-10-20(11-18)25-2)22-12-19-14-26-15-21(24)23(19)13-17-7-4-3-5-8-17/h3-11,16,19,22H,12-15H2,1-2H3/t16-,19?/m1/s1. The Labute approximate surface area is 154 Å². The first-order chi connectivity index (χ1) is 12.7. The number of methoxy groups -OCH3 is 1. The number of carbonyl (C=O) groups is 1. The third kappa shape index (κ3) is 4.62. The van der Waals surface area contributed by atoms with Crippen LogP contribution in [0, 0.1) is 0 Å². The van der Waals surface area contributed by atoms with Crippen molar-refractivity contribution in [2.75, 3.05) is 26.9 Å². The Kier molecular flexibility index (Phi) is 6.26. The number of hydrogen-bond donors (Lipinski definition) is 1. The molecule has 2 aromatic rings. The van der Waals surface area contributed by atoms with Crippen molar-refractivity contribution >= 4 is 5.91 Å². The maximum atomic E-state index is 12.4. The molecule has 1 heterocycles. The highest BCUT2D eigenvalue weighted by Gasteiger charge is 2.28. The fourth-order valence-electron chi connectivity index (χ4n) is 3.17. The Morgan fingerprint density at radius 3 is 2.81 bits per heavy atom. The monoisotopic (exact) mass is 354 g/mol. The molecule has 2 atom stereocenters. The molecule has 1 aliphatic rings. The van der Waals surface area contributed by atoms with E-state index in [1.54, 1.807) is 7.11 Å². The average molecular weight is 354 g/mol. The number of ether oxygens (including phenoxy) is 2. The fourth-order valence-corrected chi connectivity index (χ4v) is 3.17. The molecule has 3 rings (SSSR count). The van der Waals surface area contributed by atoms with Crippen molar-refractivity contribution in [1.82, 2.24) is 10.2 Å². The Balaban J connectivity index is 1.63. The van der Waals surface area contributed by atoms with Crippen molar-refractivity contribution < 1.29 is 14.3 Å². The van der Waals surface area contributed by atoms with E-state index in [4.69, 9.17) is 9.47 Å². The van der Waals surface area contributed by atoms with E-state index in [1.165, 1.54) is 0 Å². The molecular formula is C21H26N2O3. The molecule has 0 saturated carbocycles. The minimum Gasteiger partial charge on any atom is -0.497 e. The summed E-state index contributed by atoms with van der Waals surface area (Å²) in [4.78, 5) is 14.3. The maximum absolute atomic E-state index is 12.4. The summed E-state index contributed by atoms with van der Waals surface area (Å²) >= 11 is 0. The molecule has 1 amide bonds. The van der Waals surface area contributed by atoms with Crippen LogP contribution in [0.2, 0.25) is 0 Å². The van der Waals surface area contributed by atoms with Crippen molar-refractivity contribution in [3.05, 3.63) is 65.7 Å². The number of nitrogens with one attached hydrogen (secondary N) is 1. The van der Waals surface area contributed by atoms with Crippen LogP contribution in [0.3, 0.4) is 0 Å². The van der Waals surface area contributed by atoms with Crippen molar-refractivity contribution in [3.8, 4) is 5.75 Å². The first-order valence-electron chi connectivity index (χ1n) is 8.96. The van der Waals surface area contributed by atoms with E-state index in [-0.39, 0.29) is 24.6 Å². The molecule has 0 bridgehead atoms. The SMILES string of the molecule is COc1cccc([C@@H](C)NCC2COCC(=O)N2Cc2ccccc2)c1. The number of carbonyl (C=O) groups excluding carboxylic acids is 1. The van der Waals surface area contributed by atoms with E-state index in [0.29, 0.717) is 19.7 Å². The number of amides is 1. The minimum absolute atomic E-state index is 0.0181. The fraction of sp³-hybridized carbons (Fsp3) is 0.381. The molecule has 26 heavy (non-hydrogen) atoms. The highest BCUT2D eigenvalue weighted by atomic mass is 16.5. The van der Waals surface area contributed by atoms with Gasteiger partial charge in [-0.3, -0.25) is 4.79 Å². The Hall–Kier alpha value is -2.37. The molecule has 0 aromatic heterocycles. The zero-order chi connectivity index (χ0) is 18.4. The van der Waals surface area contributed by atoms with Gasteiger partial charge in [-0.15, -0.1) is 0 Å². The number of hydrogen-bond acceptors (Lipinski definition) is 4. The molecule has 0 spiro atoms. The molecule has 5 heteroatoms. The third-order valence-corrected chi connectivity index (χ3v) is 4.75. The summed E-state index contributed by atoms with van der Waals surface area (Å²) in [6.07, 6.45) is 0. The Bertz CT molecular complexity index is 720. The average Bonchev–Trinajstić information content (AvgIpc) is 2.69. The quantitative estimate of drug-likeness (QED) is 0.831. The predicted octanol–water partition coefficient (Wildman–Crippen LogP) is 2.77. The highest BCUT2D eigenvalue weighted by molar-refractivity contribution is 5.78. The largest absolute Gasteiger partial charge is 0.497 e. The number of morpholine rings is 1. The van der Waals surface area contributed by atoms with Crippen LogP contribution in [0.1, 0.15) is 24.1 Å². The molecule has 1 saturated heterocycles. The van der Waals surface area contributed by atoms with E-state index in [1.807, 2.05) is 53.4 Å². The maximum Gasteiger partial charge on any atom is 0.249 e. The summed E-state index contributed by atoms with van der Waals surface area (Å²) in [5, 5.41) is 3.53. The second-order valence-electron chi connectivity index (χ2n) is 6.58. The summed E-state index contributed by atoms with van der Waals surface area (Å²) in [5.74, 6) is 0.888. The predicted molar refractivity (Wildman–Crippen MR) is 101 cm³/mol. The zero-order valence-corrected chi connectivity index (χ0v) is 15.4. The molecular weight excluding hydrogens is 328 g/mol. The topological polar surface area (TPSA) is 50.8 Å². The van der Waals surface area contributed by atoms with Gasteiger partial charge in [0.2, 0.25) is 5.91 Å². The Morgan fingerprint density at radius 1 is 1.23 bits per heavy atom. The van der Waals surface area contributed by atoms with Crippen LogP contribution >= 0.6 is 0 Å². The Morgan fingerprint density at radius 2 is 2.04 bits per heavy atom. The first kappa shape index (κ1) is 18.4. The van der Waals surface area contributed by atoms with Crippen molar-refractivity contribution in [2.24, 2.45) is 0 Å². The summed E-state index contributed by atoms with van der Waals surface area (Å²) in [7, 11) is 1.67. The summed E-state index contributed by atoms with van der Waals surface area (Å²) in [6, 6.07) is 18.3. The molecule has 1 unspecified atom stereocenters. The van der Waals surface area contributed by atoms with Crippen LogP contribution in [0.4, 0.5) is 0 Å². The summed E-state index contributed by atoms with van der Waals surface area (Å²) in [6.45, 7) is 4.12. The van der Waals surface area contributed by atoms with Gasteiger partial charge in [0.25, 0.3) is 0 Å². The smallest absolute Gasteiger partial charge is 0.249 e. The van der Waals surface area contributed by atoms with Gasteiger partial charge in [0.05, 0.1) is 19.8 Å². The van der Waals surface area contributed by atoms with Crippen molar-refractivity contribution in [1.29, 1.82) is 0 Å². The second-order valence-corrected chi connectivity index (χ2v) is 6.58. The van der Waals surface area contributed by atoms with Crippen LogP contribution in [-0.2, 0) is 16.1 Å². The van der Waals surface area contributed by atoms with E-state index < -0.39 is 0 Å².